The monoisotopic (exact) mass is 269 g/mol. The van der Waals surface area contributed by atoms with Crippen molar-refractivity contribution in [3.8, 4) is 5.75 Å². The van der Waals surface area contributed by atoms with Crippen molar-refractivity contribution in [2.75, 3.05) is 12.8 Å². The van der Waals surface area contributed by atoms with E-state index in [4.69, 9.17) is 19.9 Å². The molecule has 19 heavy (non-hydrogen) atoms. The number of nitrogen functional groups attached to an aromatic ring is 1. The third kappa shape index (κ3) is 2.28. The molecule has 0 amide bonds. The van der Waals surface area contributed by atoms with Crippen LogP contribution in [0.4, 0.5) is 10.1 Å². The third-order valence-electron chi connectivity index (χ3n) is 3.86. The molecule has 0 atom stereocenters. The van der Waals surface area contributed by atoms with Crippen LogP contribution in [0, 0.1) is 5.82 Å². The number of anilines is 1. The lowest BCUT2D eigenvalue weighted by atomic mass is 9.90. The first kappa shape index (κ1) is 14.1. The van der Waals surface area contributed by atoms with Crippen molar-refractivity contribution in [2.24, 2.45) is 0 Å². The molecule has 0 aromatic heterocycles. The fraction of sp³-hybridized carbons (Fsp3) is 0.571. The second kappa shape index (κ2) is 4.35. The molecule has 4 nitrogen and oxygen atoms in total. The molecule has 1 aliphatic heterocycles. The Hall–Kier alpha value is -1.33. The predicted molar refractivity (Wildman–Crippen MR) is 70.4 cm³/mol. The lowest BCUT2D eigenvalue weighted by Crippen LogP contribution is -2.41. The van der Waals surface area contributed by atoms with E-state index in [1.807, 2.05) is 27.7 Å². The highest BCUT2D eigenvalue weighted by Gasteiger charge is 2.50. The summed E-state index contributed by atoms with van der Waals surface area (Å²) >= 11 is 0. The van der Waals surface area contributed by atoms with Gasteiger partial charge in [-0.05, 0) is 33.8 Å². The Balaban J connectivity index is 2.39. The molecular formula is C14H20FNO3. The van der Waals surface area contributed by atoms with Gasteiger partial charge >= 0.3 is 0 Å². The molecule has 1 saturated heterocycles. The van der Waals surface area contributed by atoms with Crippen molar-refractivity contribution in [3.63, 3.8) is 0 Å². The molecule has 1 aliphatic rings. The van der Waals surface area contributed by atoms with Crippen molar-refractivity contribution in [3.05, 3.63) is 23.5 Å². The third-order valence-corrected chi connectivity index (χ3v) is 3.86. The molecule has 1 heterocycles. The van der Waals surface area contributed by atoms with Crippen LogP contribution in [0.15, 0.2) is 12.1 Å². The van der Waals surface area contributed by atoms with Crippen LogP contribution in [-0.4, -0.2) is 18.3 Å². The van der Waals surface area contributed by atoms with E-state index in [9.17, 15) is 4.39 Å². The number of methoxy groups -OCH3 is 1. The fourth-order valence-corrected chi connectivity index (χ4v) is 1.91. The van der Waals surface area contributed by atoms with Gasteiger partial charge in [-0.25, -0.2) is 4.39 Å². The summed E-state index contributed by atoms with van der Waals surface area (Å²) in [5, 5.41) is 0. The zero-order chi connectivity index (χ0) is 14.4. The Labute approximate surface area is 112 Å². The van der Waals surface area contributed by atoms with E-state index < -0.39 is 23.3 Å². The van der Waals surface area contributed by atoms with Crippen LogP contribution >= 0.6 is 0 Å². The minimum atomic E-state index is -0.764. The van der Waals surface area contributed by atoms with Crippen LogP contribution in [0.2, 0.25) is 0 Å². The van der Waals surface area contributed by atoms with Gasteiger partial charge in [0.05, 0.1) is 24.0 Å². The number of nitrogens with two attached hydrogens (primary N) is 1. The van der Waals surface area contributed by atoms with E-state index in [2.05, 4.69) is 0 Å². The number of halogens is 1. The summed E-state index contributed by atoms with van der Waals surface area (Å²) in [5.41, 5.74) is 5.18. The van der Waals surface area contributed by atoms with Crippen LogP contribution in [0.3, 0.4) is 0 Å². The molecule has 1 fully saturated rings. The molecule has 0 saturated carbocycles. The topological polar surface area (TPSA) is 53.7 Å². The second-order valence-electron chi connectivity index (χ2n) is 5.70. The quantitative estimate of drug-likeness (QED) is 0.838. The number of hydrogen-bond acceptors (Lipinski definition) is 4. The molecule has 2 N–H and O–H groups in total. The highest BCUT2D eigenvalue weighted by atomic mass is 19.1. The number of ether oxygens (including phenoxy) is 3. The number of benzene rings is 1. The smallest absolute Gasteiger partial charge is 0.188 e. The average Bonchev–Trinajstić information content (AvgIpc) is 2.48. The van der Waals surface area contributed by atoms with Gasteiger partial charge in [-0.3, -0.25) is 0 Å². The summed E-state index contributed by atoms with van der Waals surface area (Å²) in [6, 6.07) is 2.74. The highest BCUT2D eigenvalue weighted by molar-refractivity contribution is 5.54. The molecule has 106 valence electrons. The zero-order valence-electron chi connectivity index (χ0n) is 11.9. The van der Waals surface area contributed by atoms with Crippen molar-refractivity contribution in [1.82, 2.24) is 0 Å². The lowest BCUT2D eigenvalue weighted by molar-refractivity contribution is -0.0915. The minimum absolute atomic E-state index is 0.250. The number of rotatable bonds is 2. The van der Waals surface area contributed by atoms with Crippen molar-refractivity contribution >= 4 is 5.69 Å². The van der Waals surface area contributed by atoms with Crippen molar-refractivity contribution in [2.45, 2.75) is 45.2 Å². The Morgan fingerprint density at radius 2 is 1.68 bits per heavy atom. The van der Waals surface area contributed by atoms with E-state index in [-0.39, 0.29) is 5.69 Å². The molecule has 0 aliphatic carbocycles. The Bertz CT molecular complexity index is 484. The molecule has 0 spiro atoms. The van der Waals surface area contributed by atoms with Gasteiger partial charge in [-0.2, -0.15) is 0 Å². The predicted octanol–water partition coefficient (Wildman–Crippen LogP) is 3.02. The SMILES string of the molecule is COc1cc(C2OC(C)(C)C(C)(C)O2)c(F)cc1N. The summed E-state index contributed by atoms with van der Waals surface area (Å²) in [7, 11) is 1.48. The van der Waals surface area contributed by atoms with E-state index in [0.717, 1.165) is 0 Å². The standard InChI is InChI=1S/C14H20FNO3/c1-13(2)14(3,4)19-12(18-13)8-6-11(17-5)10(16)7-9(8)15/h6-7,12H,16H2,1-5H3. The maximum atomic E-state index is 14.0. The first-order valence-corrected chi connectivity index (χ1v) is 6.16. The maximum Gasteiger partial charge on any atom is 0.188 e. The summed E-state index contributed by atoms with van der Waals surface area (Å²) in [5.74, 6) is -0.0529. The molecule has 0 bridgehead atoms. The van der Waals surface area contributed by atoms with Crippen LogP contribution in [0.1, 0.15) is 39.5 Å². The summed E-state index contributed by atoms with van der Waals surface area (Å²) in [6.07, 6.45) is -0.764. The van der Waals surface area contributed by atoms with Gasteiger partial charge in [-0.1, -0.05) is 0 Å². The van der Waals surface area contributed by atoms with E-state index in [0.29, 0.717) is 11.3 Å². The van der Waals surface area contributed by atoms with Gasteiger partial charge in [0.1, 0.15) is 11.6 Å². The van der Waals surface area contributed by atoms with Gasteiger partial charge in [0.25, 0.3) is 0 Å². The normalized spacial score (nSPS) is 21.6. The number of hydrogen-bond donors (Lipinski definition) is 1. The van der Waals surface area contributed by atoms with Crippen LogP contribution in [0.5, 0.6) is 5.75 Å². The van der Waals surface area contributed by atoms with Crippen molar-refractivity contribution in [1.29, 1.82) is 0 Å². The van der Waals surface area contributed by atoms with E-state index in [1.165, 1.54) is 19.2 Å². The van der Waals surface area contributed by atoms with Gasteiger partial charge in [0.15, 0.2) is 6.29 Å². The summed E-state index contributed by atoms with van der Waals surface area (Å²) in [6.45, 7) is 7.66. The molecule has 0 unspecified atom stereocenters. The Kier molecular flexibility index (Phi) is 3.23. The first-order chi connectivity index (χ1) is 8.68. The fourth-order valence-electron chi connectivity index (χ4n) is 1.91. The van der Waals surface area contributed by atoms with E-state index in [1.54, 1.807) is 0 Å². The molecule has 1 aromatic rings. The Morgan fingerprint density at radius 3 is 2.16 bits per heavy atom. The van der Waals surface area contributed by atoms with E-state index >= 15 is 0 Å². The van der Waals surface area contributed by atoms with Crippen LogP contribution < -0.4 is 10.5 Å². The van der Waals surface area contributed by atoms with Gasteiger partial charge < -0.3 is 19.9 Å². The molecule has 1 aromatic carbocycles. The molecule has 5 heteroatoms. The maximum absolute atomic E-state index is 14.0. The Morgan fingerprint density at radius 1 is 1.16 bits per heavy atom. The largest absolute Gasteiger partial charge is 0.495 e. The van der Waals surface area contributed by atoms with Gasteiger partial charge in [0.2, 0.25) is 0 Å². The minimum Gasteiger partial charge on any atom is -0.495 e. The first-order valence-electron chi connectivity index (χ1n) is 6.16. The average molecular weight is 269 g/mol. The van der Waals surface area contributed by atoms with Crippen LogP contribution in [-0.2, 0) is 9.47 Å². The lowest BCUT2D eigenvalue weighted by Gasteiger charge is -2.30. The second-order valence-corrected chi connectivity index (χ2v) is 5.70. The molecular weight excluding hydrogens is 249 g/mol. The zero-order valence-corrected chi connectivity index (χ0v) is 11.9. The summed E-state index contributed by atoms with van der Waals surface area (Å²) in [4.78, 5) is 0. The van der Waals surface area contributed by atoms with Gasteiger partial charge in [-0.15, -0.1) is 0 Å². The van der Waals surface area contributed by atoms with Crippen molar-refractivity contribution < 1.29 is 18.6 Å². The highest BCUT2D eigenvalue weighted by Crippen LogP contribution is 2.46. The summed E-state index contributed by atoms with van der Waals surface area (Å²) < 4.78 is 30.8. The molecule has 0 radical (unpaired) electrons. The van der Waals surface area contributed by atoms with Crippen LogP contribution in [0.25, 0.3) is 0 Å². The van der Waals surface area contributed by atoms with Gasteiger partial charge in [0, 0.05) is 11.6 Å². The molecule has 2 rings (SSSR count).